The Morgan fingerprint density at radius 1 is 1.10 bits per heavy atom. The smallest absolute Gasteiger partial charge is 0.0942 e. The molecule has 0 bridgehead atoms. The highest BCUT2D eigenvalue weighted by molar-refractivity contribution is 4.72. The van der Waals surface area contributed by atoms with E-state index in [1.165, 1.54) is 43.3 Å². The second-order valence-electron chi connectivity index (χ2n) is 3.86. The van der Waals surface area contributed by atoms with Crippen molar-refractivity contribution in [1.29, 1.82) is 0 Å². The predicted octanol–water partition coefficient (Wildman–Crippen LogP) is -1.61. The summed E-state index contributed by atoms with van der Waals surface area (Å²) in [6.45, 7) is 2.93. The molecule has 0 aromatic carbocycles. The summed E-state index contributed by atoms with van der Waals surface area (Å²) < 4.78 is 1.42. The molecule has 2 fully saturated rings. The first-order valence-electron chi connectivity index (χ1n) is 4.15. The number of halogens is 1. The largest absolute Gasteiger partial charge is 1.00 e. The van der Waals surface area contributed by atoms with Crippen LogP contribution in [-0.2, 0) is 0 Å². The van der Waals surface area contributed by atoms with Gasteiger partial charge in [-0.15, -0.1) is 0 Å². The second-order valence-corrected chi connectivity index (χ2v) is 3.86. The number of rotatable bonds is 0. The Kier molecular flexibility index (Phi) is 2.26. The van der Waals surface area contributed by atoms with Gasteiger partial charge in [0.05, 0.1) is 26.2 Å². The molecule has 2 atom stereocenters. The molecule has 10 heavy (non-hydrogen) atoms. The van der Waals surface area contributed by atoms with Crippen molar-refractivity contribution in [3.8, 4) is 0 Å². The number of quaternary nitrogens is 1. The standard InChI is InChI=1S/C8H16N.ClH/c1-9-6-3-2-4-8(9)5-7-9;/h8H,2-7H2,1H3;1H/q+1;/p-1. The number of hydrogen-bond donors (Lipinski definition) is 0. The minimum atomic E-state index is 0. The zero-order valence-electron chi connectivity index (χ0n) is 6.65. The van der Waals surface area contributed by atoms with Crippen molar-refractivity contribution in [2.24, 2.45) is 0 Å². The van der Waals surface area contributed by atoms with Gasteiger partial charge in [-0.05, 0) is 19.3 Å². The van der Waals surface area contributed by atoms with E-state index in [1.54, 1.807) is 0 Å². The number of hydrogen-bond acceptors (Lipinski definition) is 0. The number of fused-ring (bicyclic) bond motifs is 1. The maximum atomic E-state index is 2.42. The third kappa shape index (κ3) is 1.06. The van der Waals surface area contributed by atoms with Crippen LogP contribution in [0.1, 0.15) is 25.7 Å². The van der Waals surface area contributed by atoms with Crippen molar-refractivity contribution in [3.63, 3.8) is 0 Å². The minimum absolute atomic E-state index is 0. The lowest BCUT2D eigenvalue weighted by molar-refractivity contribution is -0.977. The van der Waals surface area contributed by atoms with Gasteiger partial charge < -0.3 is 16.9 Å². The van der Waals surface area contributed by atoms with Gasteiger partial charge in [0, 0.05) is 6.42 Å². The summed E-state index contributed by atoms with van der Waals surface area (Å²) in [6.07, 6.45) is 6.00. The lowest BCUT2D eigenvalue weighted by Crippen LogP contribution is -3.00. The fourth-order valence-corrected chi connectivity index (χ4v) is 2.36. The quantitative estimate of drug-likeness (QED) is 0.376. The third-order valence-corrected chi connectivity index (χ3v) is 3.31. The zero-order chi connectivity index (χ0) is 6.32. The van der Waals surface area contributed by atoms with E-state index < -0.39 is 0 Å². The summed E-state index contributed by atoms with van der Waals surface area (Å²) in [5.41, 5.74) is 0. The molecule has 0 amide bonds. The molecule has 2 unspecified atom stereocenters. The molecule has 2 saturated heterocycles. The van der Waals surface area contributed by atoms with Gasteiger partial charge in [-0.3, -0.25) is 0 Å². The van der Waals surface area contributed by atoms with Crippen LogP contribution in [0.5, 0.6) is 0 Å². The van der Waals surface area contributed by atoms with Crippen LogP contribution in [0.25, 0.3) is 0 Å². The fraction of sp³-hybridized carbons (Fsp3) is 1.00. The van der Waals surface area contributed by atoms with Crippen LogP contribution in [0.4, 0.5) is 0 Å². The molecule has 0 aromatic heterocycles. The maximum Gasteiger partial charge on any atom is 0.0942 e. The van der Waals surface area contributed by atoms with Gasteiger partial charge in [0.25, 0.3) is 0 Å². The van der Waals surface area contributed by atoms with E-state index in [9.17, 15) is 0 Å². The van der Waals surface area contributed by atoms with Crippen LogP contribution in [0, 0.1) is 0 Å². The fourth-order valence-electron chi connectivity index (χ4n) is 2.36. The van der Waals surface area contributed by atoms with Gasteiger partial charge in [-0.2, -0.15) is 0 Å². The minimum Gasteiger partial charge on any atom is -1.00 e. The monoisotopic (exact) mass is 161 g/mol. The average Bonchev–Trinajstić information content (AvgIpc) is 1.82. The van der Waals surface area contributed by atoms with Crippen LogP contribution in [0.15, 0.2) is 0 Å². The normalized spacial score (nSPS) is 44.7. The Balaban J connectivity index is 0.000000500. The molecule has 0 saturated carbocycles. The highest BCUT2D eigenvalue weighted by Crippen LogP contribution is 2.34. The van der Waals surface area contributed by atoms with Gasteiger partial charge in [0.15, 0.2) is 0 Å². The van der Waals surface area contributed by atoms with Gasteiger partial charge in [-0.1, -0.05) is 0 Å². The summed E-state index contributed by atoms with van der Waals surface area (Å²) in [4.78, 5) is 0. The summed E-state index contributed by atoms with van der Waals surface area (Å²) in [6, 6.07) is 1.07. The molecule has 0 N–H and O–H groups in total. The van der Waals surface area contributed by atoms with Gasteiger partial charge >= 0.3 is 0 Å². The molecule has 0 radical (unpaired) electrons. The van der Waals surface area contributed by atoms with E-state index in [-0.39, 0.29) is 12.4 Å². The number of nitrogens with zero attached hydrogens (tertiary/aromatic N) is 1. The first-order valence-corrected chi connectivity index (χ1v) is 4.15. The van der Waals surface area contributed by atoms with Crippen molar-refractivity contribution >= 4 is 0 Å². The van der Waals surface area contributed by atoms with Crippen LogP contribution in [-0.4, -0.2) is 30.7 Å². The Labute approximate surface area is 69.4 Å². The first kappa shape index (κ1) is 8.35. The zero-order valence-corrected chi connectivity index (χ0v) is 7.40. The maximum absolute atomic E-state index is 2.42. The van der Waals surface area contributed by atoms with Crippen molar-refractivity contribution < 1.29 is 16.9 Å². The highest BCUT2D eigenvalue weighted by Gasteiger charge is 2.43. The molecule has 2 rings (SSSR count). The highest BCUT2D eigenvalue weighted by atomic mass is 35.5. The van der Waals surface area contributed by atoms with Crippen LogP contribution in [0.2, 0.25) is 0 Å². The lowest BCUT2D eigenvalue weighted by Gasteiger charge is -2.52. The molecule has 0 spiro atoms. The summed E-state index contributed by atoms with van der Waals surface area (Å²) in [5, 5.41) is 0. The molecule has 0 aromatic rings. The third-order valence-electron chi connectivity index (χ3n) is 3.31. The average molecular weight is 162 g/mol. The van der Waals surface area contributed by atoms with Crippen molar-refractivity contribution in [3.05, 3.63) is 0 Å². The Morgan fingerprint density at radius 3 is 2.20 bits per heavy atom. The Morgan fingerprint density at radius 2 is 1.90 bits per heavy atom. The van der Waals surface area contributed by atoms with E-state index >= 15 is 0 Å². The molecule has 2 heteroatoms. The van der Waals surface area contributed by atoms with Crippen LogP contribution < -0.4 is 12.4 Å². The van der Waals surface area contributed by atoms with Gasteiger partial charge in [-0.25, -0.2) is 0 Å². The Hall–Kier alpha value is 0.250. The van der Waals surface area contributed by atoms with E-state index in [1.807, 2.05) is 0 Å². The molecular formula is C8H16ClN. The summed E-state index contributed by atoms with van der Waals surface area (Å²) >= 11 is 0. The van der Waals surface area contributed by atoms with Gasteiger partial charge in [0.1, 0.15) is 0 Å². The molecular weight excluding hydrogens is 146 g/mol. The lowest BCUT2D eigenvalue weighted by atomic mass is 9.89. The molecule has 0 aliphatic carbocycles. The first-order chi connectivity index (χ1) is 4.31. The Bertz CT molecular complexity index is 126. The second kappa shape index (κ2) is 2.71. The molecule has 1 nitrogen and oxygen atoms in total. The van der Waals surface area contributed by atoms with Crippen molar-refractivity contribution in [1.82, 2.24) is 0 Å². The van der Waals surface area contributed by atoms with E-state index in [4.69, 9.17) is 0 Å². The van der Waals surface area contributed by atoms with Crippen molar-refractivity contribution in [2.75, 3.05) is 20.1 Å². The van der Waals surface area contributed by atoms with E-state index in [2.05, 4.69) is 7.05 Å². The SMILES string of the molecule is C[N+]12CCCCC1CC2.[Cl-]. The predicted molar refractivity (Wildman–Crippen MR) is 38.2 cm³/mol. The van der Waals surface area contributed by atoms with E-state index in [0.717, 1.165) is 6.04 Å². The van der Waals surface area contributed by atoms with Crippen molar-refractivity contribution in [2.45, 2.75) is 31.7 Å². The summed E-state index contributed by atoms with van der Waals surface area (Å²) in [7, 11) is 2.42. The topological polar surface area (TPSA) is 0 Å². The van der Waals surface area contributed by atoms with Gasteiger partial charge in [0.2, 0.25) is 0 Å². The number of piperidine rings is 1. The van der Waals surface area contributed by atoms with Crippen LogP contribution >= 0.6 is 0 Å². The van der Waals surface area contributed by atoms with Crippen LogP contribution in [0.3, 0.4) is 0 Å². The molecule has 60 valence electrons. The van der Waals surface area contributed by atoms with E-state index in [0.29, 0.717) is 0 Å². The molecule has 2 heterocycles. The summed E-state index contributed by atoms with van der Waals surface area (Å²) in [5.74, 6) is 0. The molecule has 2 aliphatic rings. The molecule has 2 aliphatic heterocycles.